The van der Waals surface area contributed by atoms with Gasteiger partial charge in [-0.05, 0) is 37.8 Å². The molecule has 0 heterocycles. The van der Waals surface area contributed by atoms with E-state index in [1.807, 2.05) is 0 Å². The number of para-hydroxylation sites is 1. The summed E-state index contributed by atoms with van der Waals surface area (Å²) in [7, 11) is 1.45. The Bertz CT molecular complexity index is 444. The minimum atomic E-state index is -0.394. The van der Waals surface area contributed by atoms with Gasteiger partial charge in [-0.25, -0.2) is 0 Å². The molecule has 0 bridgehead atoms. The average Bonchev–Trinajstić information content (AvgIpc) is 2.25. The maximum Gasteiger partial charge on any atom is 0.333 e. The van der Waals surface area contributed by atoms with Crippen molar-refractivity contribution in [2.24, 2.45) is 5.92 Å². The van der Waals surface area contributed by atoms with Crippen molar-refractivity contribution in [3.63, 3.8) is 0 Å². The summed E-state index contributed by atoms with van der Waals surface area (Å²) < 4.78 is 5.05. The Hall–Kier alpha value is -1.78. The van der Waals surface area contributed by atoms with Crippen LogP contribution in [0.25, 0.3) is 0 Å². The average molecular weight is 250 g/mol. The van der Waals surface area contributed by atoms with Crippen LogP contribution in [0.5, 0.6) is 5.75 Å². The first-order chi connectivity index (χ1) is 8.63. The molecule has 1 aliphatic carbocycles. The number of nitro groups is 1. The van der Waals surface area contributed by atoms with Gasteiger partial charge >= 0.3 is 5.69 Å². The fourth-order valence-electron chi connectivity index (χ4n) is 2.29. The molecule has 0 aromatic heterocycles. The highest BCUT2D eigenvalue weighted by Crippen LogP contribution is 2.37. The summed E-state index contributed by atoms with van der Waals surface area (Å²) in [5.41, 5.74) is 0.560. The monoisotopic (exact) mass is 250 g/mol. The molecular formula is C13H18N2O3. The van der Waals surface area contributed by atoms with Gasteiger partial charge in [0.15, 0.2) is 5.75 Å². The van der Waals surface area contributed by atoms with E-state index in [-0.39, 0.29) is 11.7 Å². The largest absolute Gasteiger partial charge is 0.490 e. The molecule has 1 aliphatic rings. The first kappa shape index (κ1) is 12.7. The smallest absolute Gasteiger partial charge is 0.333 e. The number of ether oxygens (including phenoxy) is 1. The summed E-state index contributed by atoms with van der Waals surface area (Å²) >= 11 is 0. The second-order valence-electron chi connectivity index (χ2n) is 4.74. The van der Waals surface area contributed by atoms with Crippen LogP contribution in [0.3, 0.4) is 0 Å². The van der Waals surface area contributed by atoms with Crippen LogP contribution in [-0.4, -0.2) is 18.1 Å². The Morgan fingerprint density at radius 1 is 1.50 bits per heavy atom. The maximum absolute atomic E-state index is 11.1. The SMILES string of the molecule is COc1cccc(NC(C)C2CCC2)c1[N+](=O)[O-]. The zero-order chi connectivity index (χ0) is 13.1. The number of nitrogens with zero attached hydrogens (tertiary/aromatic N) is 1. The van der Waals surface area contributed by atoms with Gasteiger partial charge in [0.05, 0.1) is 12.0 Å². The minimum Gasteiger partial charge on any atom is -0.490 e. The Kier molecular flexibility index (Phi) is 3.69. The molecule has 1 saturated carbocycles. The first-order valence-corrected chi connectivity index (χ1v) is 6.21. The lowest BCUT2D eigenvalue weighted by Crippen LogP contribution is -2.31. The van der Waals surface area contributed by atoms with Crippen molar-refractivity contribution in [1.29, 1.82) is 0 Å². The van der Waals surface area contributed by atoms with E-state index in [0.717, 1.165) is 0 Å². The van der Waals surface area contributed by atoms with E-state index in [1.165, 1.54) is 26.4 Å². The molecule has 0 amide bonds. The highest BCUT2D eigenvalue weighted by molar-refractivity contribution is 5.68. The molecule has 98 valence electrons. The lowest BCUT2D eigenvalue weighted by molar-refractivity contribution is -0.384. The number of anilines is 1. The third-order valence-electron chi connectivity index (χ3n) is 3.64. The standard InChI is InChI=1S/C13H18N2O3/c1-9(10-5-3-6-10)14-11-7-4-8-12(18-2)13(11)15(16)17/h4,7-10,14H,3,5-6H2,1-2H3. The van der Waals surface area contributed by atoms with Crippen molar-refractivity contribution >= 4 is 11.4 Å². The molecule has 18 heavy (non-hydrogen) atoms. The molecule has 0 spiro atoms. The molecular weight excluding hydrogens is 232 g/mol. The maximum atomic E-state index is 11.1. The van der Waals surface area contributed by atoms with E-state index in [4.69, 9.17) is 4.74 Å². The fraction of sp³-hybridized carbons (Fsp3) is 0.538. The number of hydrogen-bond acceptors (Lipinski definition) is 4. The second kappa shape index (κ2) is 5.25. The number of benzene rings is 1. The fourth-order valence-corrected chi connectivity index (χ4v) is 2.29. The Morgan fingerprint density at radius 2 is 2.22 bits per heavy atom. The van der Waals surface area contributed by atoms with Crippen LogP contribution in [0.15, 0.2) is 18.2 Å². The predicted octanol–water partition coefficient (Wildman–Crippen LogP) is 3.20. The van der Waals surface area contributed by atoms with Crippen molar-refractivity contribution < 1.29 is 9.66 Å². The van der Waals surface area contributed by atoms with Crippen molar-refractivity contribution in [3.8, 4) is 5.75 Å². The van der Waals surface area contributed by atoms with Crippen LogP contribution >= 0.6 is 0 Å². The highest BCUT2D eigenvalue weighted by atomic mass is 16.6. The van der Waals surface area contributed by atoms with Crippen molar-refractivity contribution in [2.75, 3.05) is 12.4 Å². The van der Waals surface area contributed by atoms with Gasteiger partial charge in [0, 0.05) is 6.04 Å². The summed E-state index contributed by atoms with van der Waals surface area (Å²) in [5.74, 6) is 0.918. The number of hydrogen-bond donors (Lipinski definition) is 1. The topological polar surface area (TPSA) is 64.4 Å². The van der Waals surface area contributed by atoms with E-state index in [2.05, 4.69) is 12.2 Å². The molecule has 1 N–H and O–H groups in total. The van der Waals surface area contributed by atoms with E-state index in [0.29, 0.717) is 17.4 Å². The van der Waals surface area contributed by atoms with Crippen molar-refractivity contribution in [2.45, 2.75) is 32.2 Å². The van der Waals surface area contributed by atoms with E-state index >= 15 is 0 Å². The van der Waals surface area contributed by atoms with Gasteiger partial charge in [-0.15, -0.1) is 0 Å². The van der Waals surface area contributed by atoms with E-state index in [9.17, 15) is 10.1 Å². The zero-order valence-electron chi connectivity index (χ0n) is 10.7. The molecule has 1 fully saturated rings. The van der Waals surface area contributed by atoms with Gasteiger partial charge in [0.25, 0.3) is 0 Å². The van der Waals surface area contributed by atoms with Crippen molar-refractivity contribution in [1.82, 2.24) is 0 Å². The lowest BCUT2D eigenvalue weighted by Gasteiger charge is -2.32. The lowest BCUT2D eigenvalue weighted by atomic mass is 9.80. The van der Waals surface area contributed by atoms with Crippen LogP contribution in [0, 0.1) is 16.0 Å². The second-order valence-corrected chi connectivity index (χ2v) is 4.74. The molecule has 0 saturated heterocycles. The summed E-state index contributed by atoms with van der Waals surface area (Å²) in [4.78, 5) is 10.7. The van der Waals surface area contributed by atoms with Crippen LogP contribution in [0.2, 0.25) is 0 Å². The van der Waals surface area contributed by atoms with Crippen LogP contribution in [-0.2, 0) is 0 Å². The van der Waals surface area contributed by atoms with Crippen LogP contribution < -0.4 is 10.1 Å². The quantitative estimate of drug-likeness (QED) is 0.643. The third kappa shape index (κ3) is 2.39. The molecule has 1 aromatic rings. The molecule has 1 aromatic carbocycles. The number of nitro benzene ring substituents is 1. The van der Waals surface area contributed by atoms with E-state index < -0.39 is 4.92 Å². The first-order valence-electron chi connectivity index (χ1n) is 6.21. The highest BCUT2D eigenvalue weighted by Gasteiger charge is 2.27. The summed E-state index contributed by atoms with van der Waals surface area (Å²) in [5, 5.41) is 14.4. The molecule has 5 nitrogen and oxygen atoms in total. The molecule has 1 unspecified atom stereocenters. The summed E-state index contributed by atoms with van der Waals surface area (Å²) in [6.07, 6.45) is 3.66. The molecule has 1 atom stereocenters. The van der Waals surface area contributed by atoms with Crippen LogP contribution in [0.1, 0.15) is 26.2 Å². The third-order valence-corrected chi connectivity index (χ3v) is 3.64. The molecule has 0 radical (unpaired) electrons. The number of methoxy groups -OCH3 is 1. The van der Waals surface area contributed by atoms with E-state index in [1.54, 1.807) is 18.2 Å². The van der Waals surface area contributed by atoms with Gasteiger partial charge in [-0.2, -0.15) is 0 Å². The van der Waals surface area contributed by atoms with Gasteiger partial charge in [-0.1, -0.05) is 12.5 Å². The van der Waals surface area contributed by atoms with Gasteiger partial charge in [0.1, 0.15) is 5.69 Å². The van der Waals surface area contributed by atoms with Crippen LogP contribution in [0.4, 0.5) is 11.4 Å². The molecule has 5 heteroatoms. The Labute approximate surface area is 106 Å². The van der Waals surface area contributed by atoms with Gasteiger partial charge in [0.2, 0.25) is 0 Å². The summed E-state index contributed by atoms with van der Waals surface area (Å²) in [6.45, 7) is 2.08. The summed E-state index contributed by atoms with van der Waals surface area (Å²) in [6, 6.07) is 5.36. The molecule has 0 aliphatic heterocycles. The Balaban J connectivity index is 2.23. The zero-order valence-corrected chi connectivity index (χ0v) is 10.7. The Morgan fingerprint density at radius 3 is 2.72 bits per heavy atom. The molecule has 2 rings (SSSR count). The van der Waals surface area contributed by atoms with Gasteiger partial charge < -0.3 is 10.1 Å². The number of rotatable bonds is 5. The minimum absolute atomic E-state index is 0.0196. The predicted molar refractivity (Wildman–Crippen MR) is 70.1 cm³/mol. The van der Waals surface area contributed by atoms with Crippen molar-refractivity contribution in [3.05, 3.63) is 28.3 Å². The van der Waals surface area contributed by atoms with Gasteiger partial charge in [-0.3, -0.25) is 10.1 Å². The normalized spacial score (nSPS) is 16.8. The number of nitrogens with one attached hydrogen (secondary N) is 1.